The average Bonchev–Trinajstić information content (AvgIpc) is 2.93. The van der Waals surface area contributed by atoms with Crippen LogP contribution in [0.25, 0.3) is 10.1 Å². The van der Waals surface area contributed by atoms with Crippen LogP contribution in [0.15, 0.2) is 12.1 Å². The number of carboxylic acid groups (broad SMARTS) is 1. The Labute approximate surface area is 134 Å². The smallest absolute Gasteiger partial charge is 0.303 e. The second kappa shape index (κ2) is 6.66. The molecule has 0 aliphatic rings. The number of ether oxygens (including phenoxy) is 2. The summed E-state index contributed by atoms with van der Waals surface area (Å²) in [6.07, 6.45) is -1.51. The van der Waals surface area contributed by atoms with Crippen molar-refractivity contribution in [3.05, 3.63) is 22.8 Å². The second-order valence-corrected chi connectivity index (χ2v) is 5.86. The van der Waals surface area contributed by atoms with E-state index >= 15 is 0 Å². The van der Waals surface area contributed by atoms with Crippen LogP contribution in [0.3, 0.4) is 0 Å². The number of benzene rings is 1. The molecule has 0 atom stereocenters. The van der Waals surface area contributed by atoms with E-state index in [0.29, 0.717) is 11.3 Å². The number of carboxylic acids is 1. The fourth-order valence-electron chi connectivity index (χ4n) is 2.10. The molecule has 0 aliphatic carbocycles. The van der Waals surface area contributed by atoms with Crippen molar-refractivity contribution in [3.63, 3.8) is 0 Å². The van der Waals surface area contributed by atoms with Crippen molar-refractivity contribution in [1.82, 2.24) is 0 Å². The van der Waals surface area contributed by atoms with Gasteiger partial charge >= 0.3 is 5.97 Å². The van der Waals surface area contributed by atoms with Gasteiger partial charge in [-0.15, -0.1) is 11.3 Å². The normalized spacial score (nSPS) is 11.7. The van der Waals surface area contributed by atoms with Crippen LogP contribution in [0.2, 0.25) is 0 Å². The highest BCUT2D eigenvalue weighted by Crippen LogP contribution is 2.45. The minimum Gasteiger partial charge on any atom is -0.493 e. The van der Waals surface area contributed by atoms with Gasteiger partial charge in [0.1, 0.15) is 0 Å². The highest BCUT2D eigenvalue weighted by Gasteiger charge is 2.35. The number of methoxy groups -OCH3 is 1. The number of rotatable bonds is 7. The van der Waals surface area contributed by atoms with Crippen molar-refractivity contribution in [3.8, 4) is 11.5 Å². The van der Waals surface area contributed by atoms with Gasteiger partial charge in [-0.3, -0.25) is 4.79 Å². The molecule has 8 heteroatoms. The van der Waals surface area contributed by atoms with E-state index in [2.05, 4.69) is 0 Å². The van der Waals surface area contributed by atoms with Gasteiger partial charge in [0.15, 0.2) is 17.3 Å². The Hall–Kier alpha value is -1.96. The Morgan fingerprint density at radius 2 is 2.09 bits per heavy atom. The molecular weight excluding hydrogens is 333 g/mol. The molecule has 1 heterocycles. The summed E-state index contributed by atoms with van der Waals surface area (Å²) >= 11 is 0.708. The van der Waals surface area contributed by atoms with E-state index in [1.807, 2.05) is 0 Å². The van der Waals surface area contributed by atoms with Crippen LogP contribution in [-0.2, 0) is 10.7 Å². The van der Waals surface area contributed by atoms with Gasteiger partial charge < -0.3 is 14.6 Å². The van der Waals surface area contributed by atoms with E-state index in [0.717, 1.165) is 6.07 Å². The molecule has 0 spiro atoms. The summed E-state index contributed by atoms with van der Waals surface area (Å²) < 4.78 is 53.1. The number of fused-ring (bicyclic) bond motifs is 1. The first-order valence-corrected chi connectivity index (χ1v) is 7.64. The Morgan fingerprint density at radius 3 is 2.65 bits per heavy atom. The van der Waals surface area contributed by atoms with Crippen molar-refractivity contribution >= 4 is 27.4 Å². The van der Waals surface area contributed by atoms with E-state index in [4.69, 9.17) is 14.6 Å². The standard InChI is InChI=1S/C15H15F3O4S/c1-3-22-14-9(21-2)7-10-8(13(14)16)6-11(23-10)15(17,18)5-4-12(19)20/h6-7H,3-5H2,1-2H3,(H,19,20). The van der Waals surface area contributed by atoms with Crippen LogP contribution in [0, 0.1) is 5.82 Å². The predicted molar refractivity (Wildman–Crippen MR) is 80.3 cm³/mol. The van der Waals surface area contributed by atoms with Crippen LogP contribution >= 0.6 is 11.3 Å². The highest BCUT2D eigenvalue weighted by molar-refractivity contribution is 7.19. The Balaban J connectivity index is 2.49. The van der Waals surface area contributed by atoms with E-state index in [1.54, 1.807) is 6.92 Å². The maximum Gasteiger partial charge on any atom is 0.303 e. The maximum atomic E-state index is 14.5. The first-order chi connectivity index (χ1) is 10.8. The molecule has 126 valence electrons. The van der Waals surface area contributed by atoms with Crippen LogP contribution in [0.4, 0.5) is 13.2 Å². The minimum atomic E-state index is -3.34. The molecule has 0 radical (unpaired) electrons. The lowest BCUT2D eigenvalue weighted by Gasteiger charge is -2.12. The number of thiophene rings is 1. The van der Waals surface area contributed by atoms with Crippen molar-refractivity contribution in [2.24, 2.45) is 0 Å². The molecule has 1 aromatic heterocycles. The Bertz CT molecular complexity index is 727. The lowest BCUT2D eigenvalue weighted by Crippen LogP contribution is -2.13. The minimum absolute atomic E-state index is 0.00394. The topological polar surface area (TPSA) is 55.8 Å². The summed E-state index contributed by atoms with van der Waals surface area (Å²) in [5.41, 5.74) is 0. The third kappa shape index (κ3) is 3.52. The van der Waals surface area contributed by atoms with Crippen LogP contribution in [-0.4, -0.2) is 24.8 Å². The molecule has 2 rings (SSSR count). The van der Waals surface area contributed by atoms with E-state index in [9.17, 15) is 18.0 Å². The third-order valence-corrected chi connectivity index (χ3v) is 4.40. The number of halogens is 3. The molecule has 4 nitrogen and oxygen atoms in total. The largest absolute Gasteiger partial charge is 0.493 e. The molecule has 0 fully saturated rings. The van der Waals surface area contributed by atoms with Gasteiger partial charge in [0.25, 0.3) is 5.92 Å². The van der Waals surface area contributed by atoms with Gasteiger partial charge in [-0.05, 0) is 13.0 Å². The van der Waals surface area contributed by atoms with Crippen LogP contribution in [0.1, 0.15) is 24.6 Å². The molecule has 0 unspecified atom stereocenters. The molecule has 23 heavy (non-hydrogen) atoms. The SMILES string of the molecule is CCOc1c(OC)cc2sc(C(F)(F)CCC(=O)O)cc2c1F. The van der Waals surface area contributed by atoms with Crippen molar-refractivity contribution < 1.29 is 32.5 Å². The summed E-state index contributed by atoms with van der Waals surface area (Å²) in [5.74, 6) is -5.41. The Morgan fingerprint density at radius 1 is 1.39 bits per heavy atom. The van der Waals surface area contributed by atoms with Gasteiger partial charge in [0.05, 0.1) is 25.0 Å². The van der Waals surface area contributed by atoms with Crippen molar-refractivity contribution in [1.29, 1.82) is 0 Å². The van der Waals surface area contributed by atoms with Gasteiger partial charge in [-0.1, -0.05) is 0 Å². The van der Waals surface area contributed by atoms with Crippen LogP contribution in [0.5, 0.6) is 11.5 Å². The number of aliphatic carboxylic acids is 1. The van der Waals surface area contributed by atoms with Gasteiger partial charge in [0.2, 0.25) is 0 Å². The zero-order valence-corrected chi connectivity index (χ0v) is 13.3. The average molecular weight is 348 g/mol. The maximum absolute atomic E-state index is 14.5. The summed E-state index contributed by atoms with van der Waals surface area (Å²) in [4.78, 5) is 10.1. The summed E-state index contributed by atoms with van der Waals surface area (Å²) in [6, 6.07) is 2.48. The molecule has 2 aromatic rings. The first-order valence-electron chi connectivity index (χ1n) is 6.83. The zero-order valence-electron chi connectivity index (χ0n) is 12.5. The number of alkyl halides is 2. The number of carbonyl (C=O) groups is 1. The van der Waals surface area contributed by atoms with E-state index in [-0.39, 0.29) is 33.1 Å². The highest BCUT2D eigenvalue weighted by atomic mass is 32.1. The first kappa shape index (κ1) is 17.4. The molecule has 0 aliphatic heterocycles. The van der Waals surface area contributed by atoms with Gasteiger partial charge in [-0.25, -0.2) is 13.2 Å². The van der Waals surface area contributed by atoms with Gasteiger partial charge in [0, 0.05) is 22.6 Å². The molecule has 0 amide bonds. The number of hydrogen-bond donors (Lipinski definition) is 1. The molecular formula is C15H15F3O4S. The summed E-state index contributed by atoms with van der Waals surface area (Å²) in [6.45, 7) is 1.87. The van der Waals surface area contributed by atoms with Crippen LogP contribution < -0.4 is 9.47 Å². The molecule has 0 saturated carbocycles. The third-order valence-electron chi connectivity index (χ3n) is 3.20. The van der Waals surface area contributed by atoms with Gasteiger partial charge in [-0.2, -0.15) is 0 Å². The second-order valence-electron chi connectivity index (χ2n) is 4.78. The lowest BCUT2D eigenvalue weighted by atomic mass is 10.1. The summed E-state index contributed by atoms with van der Waals surface area (Å²) in [7, 11) is 1.33. The van der Waals surface area contributed by atoms with E-state index < -0.39 is 30.6 Å². The quantitative estimate of drug-likeness (QED) is 0.805. The molecule has 1 aromatic carbocycles. The van der Waals surface area contributed by atoms with Crippen molar-refractivity contribution in [2.45, 2.75) is 25.7 Å². The number of hydrogen-bond acceptors (Lipinski definition) is 4. The molecule has 1 N–H and O–H groups in total. The molecule has 0 saturated heterocycles. The fraction of sp³-hybridized carbons (Fsp3) is 0.400. The fourth-order valence-corrected chi connectivity index (χ4v) is 3.19. The van der Waals surface area contributed by atoms with E-state index in [1.165, 1.54) is 13.2 Å². The lowest BCUT2D eigenvalue weighted by molar-refractivity contribution is -0.139. The zero-order chi connectivity index (χ0) is 17.2. The predicted octanol–water partition coefficient (Wildman–Crippen LogP) is 4.40. The Kier molecular flexibility index (Phi) is 5.03. The molecule has 0 bridgehead atoms. The monoisotopic (exact) mass is 348 g/mol. The summed E-state index contributed by atoms with van der Waals surface area (Å²) in [5, 5.41) is 8.55. The van der Waals surface area contributed by atoms with Crippen molar-refractivity contribution in [2.75, 3.05) is 13.7 Å².